The number of carbonyl (C=O) groups excluding carboxylic acids is 3. The smallest absolute Gasteiger partial charge is 0.255 e. The summed E-state index contributed by atoms with van der Waals surface area (Å²) < 4.78 is 10.8. The van der Waals surface area contributed by atoms with Crippen molar-refractivity contribution < 1.29 is 23.9 Å². The second kappa shape index (κ2) is 11.1. The van der Waals surface area contributed by atoms with Crippen LogP contribution in [0.5, 0.6) is 11.5 Å². The number of ketones is 1. The molecule has 0 aliphatic carbocycles. The zero-order valence-corrected chi connectivity index (χ0v) is 19.7. The van der Waals surface area contributed by atoms with Crippen LogP contribution in [0.4, 0.5) is 11.4 Å². The van der Waals surface area contributed by atoms with Crippen LogP contribution in [0.15, 0.2) is 60.7 Å². The van der Waals surface area contributed by atoms with Crippen LogP contribution in [0.25, 0.3) is 0 Å². The normalized spacial score (nSPS) is 10.4. The standard InChI is InChI=1S/C27H28N2O5/c1-17-10-11-20(14-18(17)2)23(30)12-13-26(31)28-21-15-25(34-4)22(16-24(21)33-3)29-27(32)19-8-6-5-7-9-19/h5-11,14-16H,12-13H2,1-4H3,(H,28,31)(H,29,32). The fourth-order valence-electron chi connectivity index (χ4n) is 3.38. The van der Waals surface area contributed by atoms with E-state index < -0.39 is 0 Å². The fraction of sp³-hybridized carbons (Fsp3) is 0.222. The highest BCUT2D eigenvalue weighted by atomic mass is 16.5. The van der Waals surface area contributed by atoms with Crippen molar-refractivity contribution in [1.82, 2.24) is 0 Å². The molecule has 3 aromatic rings. The van der Waals surface area contributed by atoms with Crippen molar-refractivity contribution in [3.05, 3.63) is 82.9 Å². The summed E-state index contributed by atoms with van der Waals surface area (Å²) in [6, 6.07) is 17.4. The predicted octanol–water partition coefficient (Wildman–Crippen LogP) is 5.17. The van der Waals surface area contributed by atoms with Crippen LogP contribution in [0.2, 0.25) is 0 Å². The quantitative estimate of drug-likeness (QED) is 0.430. The summed E-state index contributed by atoms with van der Waals surface area (Å²) in [5, 5.41) is 5.57. The number of Topliss-reactive ketones (excluding diaryl/α,β-unsaturated/α-hetero) is 1. The molecule has 34 heavy (non-hydrogen) atoms. The number of anilines is 2. The minimum atomic E-state index is -0.335. The molecule has 0 bridgehead atoms. The molecule has 0 atom stereocenters. The van der Waals surface area contributed by atoms with E-state index in [9.17, 15) is 14.4 Å². The van der Waals surface area contributed by atoms with Gasteiger partial charge in [-0.05, 0) is 43.2 Å². The van der Waals surface area contributed by atoms with Gasteiger partial charge in [0.25, 0.3) is 5.91 Å². The average molecular weight is 461 g/mol. The van der Waals surface area contributed by atoms with Gasteiger partial charge in [0.2, 0.25) is 5.91 Å². The first kappa shape index (κ1) is 24.5. The number of carbonyl (C=O) groups is 3. The highest BCUT2D eigenvalue weighted by Gasteiger charge is 2.17. The van der Waals surface area contributed by atoms with Crippen molar-refractivity contribution in [2.24, 2.45) is 0 Å². The van der Waals surface area contributed by atoms with E-state index >= 15 is 0 Å². The summed E-state index contributed by atoms with van der Waals surface area (Å²) in [5.74, 6) is -0.0347. The van der Waals surface area contributed by atoms with Crippen molar-refractivity contribution in [3.8, 4) is 11.5 Å². The number of nitrogens with one attached hydrogen (secondary N) is 2. The van der Waals surface area contributed by atoms with E-state index in [4.69, 9.17) is 9.47 Å². The molecule has 0 aromatic heterocycles. The Morgan fingerprint density at radius 3 is 1.91 bits per heavy atom. The minimum Gasteiger partial charge on any atom is -0.494 e. The Morgan fingerprint density at radius 1 is 0.706 bits per heavy atom. The van der Waals surface area contributed by atoms with Crippen molar-refractivity contribution in [2.75, 3.05) is 24.9 Å². The third kappa shape index (κ3) is 6.01. The lowest BCUT2D eigenvalue weighted by Gasteiger charge is -2.16. The van der Waals surface area contributed by atoms with Crippen molar-refractivity contribution in [2.45, 2.75) is 26.7 Å². The lowest BCUT2D eigenvalue weighted by molar-refractivity contribution is -0.116. The van der Waals surface area contributed by atoms with Gasteiger partial charge >= 0.3 is 0 Å². The number of benzene rings is 3. The Morgan fingerprint density at radius 2 is 1.32 bits per heavy atom. The maximum Gasteiger partial charge on any atom is 0.255 e. The predicted molar refractivity (Wildman–Crippen MR) is 132 cm³/mol. The molecule has 0 saturated carbocycles. The van der Waals surface area contributed by atoms with Crippen molar-refractivity contribution >= 4 is 29.0 Å². The first-order valence-electron chi connectivity index (χ1n) is 10.8. The SMILES string of the molecule is COc1cc(NC(=O)c2ccccc2)c(OC)cc1NC(=O)CCC(=O)c1ccc(C)c(C)c1. The molecule has 2 amide bonds. The number of ether oxygens (including phenoxy) is 2. The third-order valence-electron chi connectivity index (χ3n) is 5.49. The third-order valence-corrected chi connectivity index (χ3v) is 5.49. The second-order valence-electron chi connectivity index (χ2n) is 7.84. The Labute approximate surface area is 199 Å². The molecule has 0 saturated heterocycles. The molecule has 0 aliphatic rings. The van der Waals surface area contributed by atoms with E-state index in [-0.39, 0.29) is 30.4 Å². The summed E-state index contributed by atoms with van der Waals surface area (Å²) in [6.45, 7) is 3.93. The van der Waals surface area contributed by atoms with Gasteiger partial charge < -0.3 is 20.1 Å². The number of rotatable bonds is 9. The lowest BCUT2D eigenvalue weighted by Crippen LogP contribution is -2.16. The average Bonchev–Trinajstić information content (AvgIpc) is 2.85. The molecule has 176 valence electrons. The number of amides is 2. The first-order chi connectivity index (χ1) is 16.3. The highest BCUT2D eigenvalue weighted by Crippen LogP contribution is 2.36. The Kier molecular flexibility index (Phi) is 8.03. The molecule has 0 heterocycles. The van der Waals surface area contributed by atoms with E-state index in [0.717, 1.165) is 11.1 Å². The Bertz CT molecular complexity index is 1210. The van der Waals surface area contributed by atoms with Crippen LogP contribution in [0.1, 0.15) is 44.7 Å². The number of hydrogen-bond donors (Lipinski definition) is 2. The van der Waals surface area contributed by atoms with Crippen LogP contribution >= 0.6 is 0 Å². The zero-order valence-electron chi connectivity index (χ0n) is 19.7. The summed E-state index contributed by atoms with van der Waals surface area (Å²) in [5.41, 5.74) is 4.00. The Balaban J connectivity index is 1.69. The van der Waals surface area contributed by atoms with Gasteiger partial charge in [-0.25, -0.2) is 0 Å². The van der Waals surface area contributed by atoms with Crippen LogP contribution in [-0.4, -0.2) is 31.8 Å². The molecule has 3 rings (SSSR count). The molecular weight excluding hydrogens is 432 g/mol. The van der Waals surface area contributed by atoms with E-state index in [1.165, 1.54) is 14.2 Å². The summed E-state index contributed by atoms with van der Waals surface area (Å²) in [4.78, 5) is 37.6. The maximum atomic E-state index is 12.6. The van der Waals surface area contributed by atoms with E-state index in [1.54, 1.807) is 42.5 Å². The lowest BCUT2D eigenvalue weighted by atomic mass is 10.0. The van der Waals surface area contributed by atoms with Gasteiger partial charge in [-0.3, -0.25) is 14.4 Å². The fourth-order valence-corrected chi connectivity index (χ4v) is 3.38. The monoisotopic (exact) mass is 460 g/mol. The zero-order chi connectivity index (χ0) is 24.7. The highest BCUT2D eigenvalue weighted by molar-refractivity contribution is 6.06. The van der Waals surface area contributed by atoms with Gasteiger partial charge in [0.15, 0.2) is 5.78 Å². The number of methoxy groups -OCH3 is 2. The van der Waals surface area contributed by atoms with Crippen molar-refractivity contribution in [3.63, 3.8) is 0 Å². The largest absolute Gasteiger partial charge is 0.494 e. The Hall–Kier alpha value is -4.13. The van der Waals surface area contributed by atoms with Crippen LogP contribution in [0.3, 0.4) is 0 Å². The molecule has 0 unspecified atom stereocenters. The van der Waals surface area contributed by atoms with Crippen LogP contribution < -0.4 is 20.1 Å². The molecule has 0 aliphatic heterocycles. The molecule has 0 fully saturated rings. The summed E-state index contributed by atoms with van der Waals surface area (Å²) in [6.07, 6.45) is 0.0999. The molecule has 7 heteroatoms. The van der Waals surface area contributed by atoms with Gasteiger partial charge in [-0.2, -0.15) is 0 Å². The minimum absolute atomic E-state index is 0.0176. The van der Waals surface area contributed by atoms with E-state index in [2.05, 4.69) is 10.6 Å². The van der Waals surface area contributed by atoms with Gasteiger partial charge in [0.1, 0.15) is 11.5 Å². The van der Waals surface area contributed by atoms with Gasteiger partial charge in [-0.1, -0.05) is 30.3 Å². The molecule has 2 N–H and O–H groups in total. The maximum absolute atomic E-state index is 12.6. The molecular formula is C27H28N2O5. The van der Waals surface area contributed by atoms with Gasteiger partial charge in [0, 0.05) is 36.1 Å². The first-order valence-corrected chi connectivity index (χ1v) is 10.8. The van der Waals surface area contributed by atoms with Crippen LogP contribution in [-0.2, 0) is 4.79 Å². The molecule has 3 aromatic carbocycles. The molecule has 7 nitrogen and oxygen atoms in total. The number of hydrogen-bond acceptors (Lipinski definition) is 5. The van der Waals surface area contributed by atoms with E-state index in [1.807, 2.05) is 32.0 Å². The molecule has 0 spiro atoms. The van der Waals surface area contributed by atoms with E-state index in [0.29, 0.717) is 34.0 Å². The number of aryl methyl sites for hydroxylation is 2. The second-order valence-corrected chi connectivity index (χ2v) is 7.84. The van der Waals surface area contributed by atoms with Crippen molar-refractivity contribution in [1.29, 1.82) is 0 Å². The van der Waals surface area contributed by atoms with Gasteiger partial charge in [0.05, 0.1) is 25.6 Å². The molecule has 0 radical (unpaired) electrons. The van der Waals surface area contributed by atoms with Crippen LogP contribution in [0, 0.1) is 13.8 Å². The summed E-state index contributed by atoms with van der Waals surface area (Å²) in [7, 11) is 2.93. The topological polar surface area (TPSA) is 93.7 Å². The van der Waals surface area contributed by atoms with Gasteiger partial charge in [-0.15, -0.1) is 0 Å². The summed E-state index contributed by atoms with van der Waals surface area (Å²) >= 11 is 0.